The molecule has 3 fully saturated rings. The Morgan fingerprint density at radius 1 is 1.00 bits per heavy atom. The fraction of sp³-hybridized carbons (Fsp3) is 1.00. The highest BCUT2D eigenvalue weighted by atomic mass is 15.2. The normalized spacial score (nSPS) is 31.6. The Balaban J connectivity index is 1.55. The Bertz CT molecular complexity index is 244. The summed E-state index contributed by atoms with van der Waals surface area (Å²) in [5.41, 5.74) is 6.80. The summed E-state index contributed by atoms with van der Waals surface area (Å²) in [5.74, 6) is 0.910. The van der Waals surface area contributed by atoms with E-state index in [1.165, 1.54) is 70.9 Å². The van der Waals surface area contributed by atoms with Crippen LogP contribution in [-0.2, 0) is 0 Å². The lowest BCUT2D eigenvalue weighted by Gasteiger charge is -2.54. The third-order valence-corrected chi connectivity index (χ3v) is 5.65. The summed E-state index contributed by atoms with van der Waals surface area (Å²) in [6, 6.07) is 0.710. The highest BCUT2D eigenvalue weighted by Gasteiger charge is 2.47. The molecule has 3 aliphatic rings. The van der Waals surface area contributed by atoms with Crippen LogP contribution in [0.15, 0.2) is 0 Å². The van der Waals surface area contributed by atoms with E-state index in [9.17, 15) is 0 Å². The predicted molar refractivity (Wildman–Crippen MR) is 71.9 cm³/mol. The molecule has 1 saturated heterocycles. The summed E-state index contributed by atoms with van der Waals surface area (Å²) >= 11 is 0. The molecule has 2 N–H and O–H groups in total. The molecule has 2 heteroatoms. The fourth-order valence-corrected chi connectivity index (χ4v) is 4.65. The van der Waals surface area contributed by atoms with Gasteiger partial charge in [0.2, 0.25) is 0 Å². The number of nitrogens with zero attached hydrogens (tertiary/aromatic N) is 1. The van der Waals surface area contributed by atoms with Crippen LogP contribution in [0.5, 0.6) is 0 Å². The van der Waals surface area contributed by atoms with Crippen LogP contribution in [0, 0.1) is 11.3 Å². The Morgan fingerprint density at radius 3 is 2.24 bits per heavy atom. The average Bonchev–Trinajstić information content (AvgIpc) is 2.80. The minimum Gasteiger partial charge on any atom is -0.329 e. The van der Waals surface area contributed by atoms with E-state index in [-0.39, 0.29) is 0 Å². The molecule has 2 aliphatic carbocycles. The van der Waals surface area contributed by atoms with Crippen LogP contribution in [0.1, 0.15) is 57.8 Å². The summed E-state index contributed by atoms with van der Waals surface area (Å²) < 4.78 is 0. The van der Waals surface area contributed by atoms with Crippen LogP contribution < -0.4 is 5.73 Å². The number of hydrogen-bond acceptors (Lipinski definition) is 2. The van der Waals surface area contributed by atoms with E-state index in [1.54, 1.807) is 0 Å². The zero-order valence-electron chi connectivity index (χ0n) is 11.2. The highest BCUT2D eigenvalue weighted by molar-refractivity contribution is 5.01. The van der Waals surface area contributed by atoms with E-state index in [0.717, 1.165) is 17.9 Å². The third kappa shape index (κ3) is 2.26. The Labute approximate surface area is 106 Å². The molecule has 98 valence electrons. The molecule has 1 heterocycles. The van der Waals surface area contributed by atoms with Gasteiger partial charge < -0.3 is 5.73 Å². The van der Waals surface area contributed by atoms with Gasteiger partial charge in [0.15, 0.2) is 0 Å². The van der Waals surface area contributed by atoms with Gasteiger partial charge in [-0.25, -0.2) is 0 Å². The molecular formula is C15H28N2. The second kappa shape index (κ2) is 4.89. The summed E-state index contributed by atoms with van der Waals surface area (Å²) in [6.07, 6.45) is 13.2. The lowest BCUT2D eigenvalue weighted by molar-refractivity contribution is -0.0461. The van der Waals surface area contributed by atoms with Crippen LogP contribution in [0.25, 0.3) is 0 Å². The van der Waals surface area contributed by atoms with Crippen molar-refractivity contribution < 1.29 is 0 Å². The van der Waals surface area contributed by atoms with Crippen molar-refractivity contribution in [3.8, 4) is 0 Å². The van der Waals surface area contributed by atoms with Gasteiger partial charge in [-0.2, -0.15) is 0 Å². The van der Waals surface area contributed by atoms with Crippen LogP contribution in [-0.4, -0.2) is 30.6 Å². The third-order valence-electron chi connectivity index (χ3n) is 5.65. The van der Waals surface area contributed by atoms with Gasteiger partial charge in [-0.15, -0.1) is 0 Å². The summed E-state index contributed by atoms with van der Waals surface area (Å²) in [5, 5.41) is 0. The van der Waals surface area contributed by atoms with Crippen molar-refractivity contribution in [3.63, 3.8) is 0 Å². The van der Waals surface area contributed by atoms with Gasteiger partial charge in [0, 0.05) is 25.7 Å². The van der Waals surface area contributed by atoms with Crippen LogP contribution in [0.4, 0.5) is 0 Å². The van der Waals surface area contributed by atoms with Gasteiger partial charge in [0.05, 0.1) is 0 Å². The van der Waals surface area contributed by atoms with Crippen molar-refractivity contribution in [2.24, 2.45) is 17.1 Å². The molecule has 1 unspecified atom stereocenters. The number of hydrogen-bond donors (Lipinski definition) is 1. The van der Waals surface area contributed by atoms with Gasteiger partial charge in [0.1, 0.15) is 0 Å². The summed E-state index contributed by atoms with van der Waals surface area (Å²) in [4.78, 5) is 2.72. The molecular weight excluding hydrogens is 208 g/mol. The molecule has 0 aromatic heterocycles. The molecule has 2 nitrogen and oxygen atoms in total. The van der Waals surface area contributed by atoms with Crippen molar-refractivity contribution in [2.75, 3.05) is 19.6 Å². The molecule has 3 rings (SSSR count). The van der Waals surface area contributed by atoms with Gasteiger partial charge in [-0.3, -0.25) is 4.90 Å². The van der Waals surface area contributed by atoms with Crippen LogP contribution in [0.2, 0.25) is 0 Å². The summed E-state index contributed by atoms with van der Waals surface area (Å²) in [7, 11) is 0. The van der Waals surface area contributed by atoms with Crippen LogP contribution >= 0.6 is 0 Å². The van der Waals surface area contributed by atoms with Gasteiger partial charge in [0.25, 0.3) is 0 Å². The van der Waals surface area contributed by atoms with Crippen molar-refractivity contribution in [2.45, 2.75) is 63.8 Å². The first-order valence-corrected chi connectivity index (χ1v) is 7.77. The minimum atomic E-state index is 0.710. The molecule has 2 saturated carbocycles. The van der Waals surface area contributed by atoms with Crippen molar-refractivity contribution in [1.82, 2.24) is 4.90 Å². The van der Waals surface area contributed by atoms with Gasteiger partial charge in [-0.05, 0) is 37.0 Å². The predicted octanol–water partition coefficient (Wildman–Crippen LogP) is 2.77. The van der Waals surface area contributed by atoms with E-state index in [4.69, 9.17) is 5.73 Å². The standard InChI is InChI=1S/C15H28N2/c16-10-14(13-6-2-1-3-7-13)17-11-15(12-17)8-4-5-9-15/h13-14H,1-12,16H2. The maximum atomic E-state index is 6.06. The van der Waals surface area contributed by atoms with Crippen molar-refractivity contribution in [3.05, 3.63) is 0 Å². The highest BCUT2D eigenvalue weighted by Crippen LogP contribution is 2.47. The average molecular weight is 236 g/mol. The second-order valence-corrected chi connectivity index (χ2v) is 6.81. The number of likely N-dealkylation sites (tertiary alicyclic amines) is 1. The largest absolute Gasteiger partial charge is 0.329 e. The lowest BCUT2D eigenvalue weighted by Crippen LogP contribution is -2.62. The first kappa shape index (κ1) is 12.0. The molecule has 0 amide bonds. The molecule has 17 heavy (non-hydrogen) atoms. The molecule has 0 aromatic rings. The van der Waals surface area contributed by atoms with Crippen molar-refractivity contribution >= 4 is 0 Å². The quantitative estimate of drug-likeness (QED) is 0.816. The van der Waals surface area contributed by atoms with Crippen molar-refractivity contribution in [1.29, 1.82) is 0 Å². The van der Waals surface area contributed by atoms with Gasteiger partial charge in [-0.1, -0.05) is 32.1 Å². The van der Waals surface area contributed by atoms with Crippen LogP contribution in [0.3, 0.4) is 0 Å². The molecule has 0 bridgehead atoms. The van der Waals surface area contributed by atoms with E-state index in [2.05, 4.69) is 4.90 Å². The van der Waals surface area contributed by atoms with E-state index in [1.807, 2.05) is 0 Å². The van der Waals surface area contributed by atoms with E-state index >= 15 is 0 Å². The topological polar surface area (TPSA) is 29.3 Å². The fourth-order valence-electron chi connectivity index (χ4n) is 4.65. The zero-order valence-corrected chi connectivity index (χ0v) is 11.2. The lowest BCUT2D eigenvalue weighted by atomic mass is 9.74. The van der Waals surface area contributed by atoms with Gasteiger partial charge >= 0.3 is 0 Å². The smallest absolute Gasteiger partial charge is 0.0247 e. The maximum Gasteiger partial charge on any atom is 0.0247 e. The number of nitrogens with two attached hydrogens (primary N) is 1. The zero-order chi connectivity index (χ0) is 11.7. The second-order valence-electron chi connectivity index (χ2n) is 6.81. The Morgan fingerprint density at radius 2 is 1.65 bits per heavy atom. The molecule has 0 radical (unpaired) electrons. The molecule has 1 aliphatic heterocycles. The Hall–Kier alpha value is -0.0800. The Kier molecular flexibility index (Phi) is 3.45. The van der Waals surface area contributed by atoms with E-state index < -0.39 is 0 Å². The SMILES string of the molecule is NCC(C1CCCCC1)N1CC2(CCCC2)C1. The maximum absolute atomic E-state index is 6.06. The molecule has 0 aromatic carbocycles. The first-order chi connectivity index (χ1) is 8.33. The monoisotopic (exact) mass is 236 g/mol. The molecule has 1 spiro atoms. The van der Waals surface area contributed by atoms with E-state index in [0.29, 0.717) is 6.04 Å². The minimum absolute atomic E-state index is 0.710. The first-order valence-electron chi connectivity index (χ1n) is 7.77. The molecule has 1 atom stereocenters. The summed E-state index contributed by atoms with van der Waals surface area (Å²) in [6.45, 7) is 3.62. The number of rotatable bonds is 3.